The van der Waals surface area contributed by atoms with Gasteiger partial charge in [-0.2, -0.15) is 0 Å². The summed E-state index contributed by atoms with van der Waals surface area (Å²) < 4.78 is 45.5. The fraction of sp³-hybridized carbons (Fsp3) is 0.462. The maximum Gasteiger partial charge on any atom is 0.573 e. The van der Waals surface area contributed by atoms with Gasteiger partial charge in [0.25, 0.3) is 0 Å². The summed E-state index contributed by atoms with van der Waals surface area (Å²) in [5, 5.41) is 0. The van der Waals surface area contributed by atoms with Gasteiger partial charge in [0, 0.05) is 19.6 Å². The molecule has 1 fully saturated rings. The van der Waals surface area contributed by atoms with E-state index < -0.39 is 12.1 Å². The van der Waals surface area contributed by atoms with Gasteiger partial charge < -0.3 is 9.47 Å². The highest BCUT2D eigenvalue weighted by Gasteiger charge is 2.32. The Labute approximate surface area is 114 Å². The van der Waals surface area contributed by atoms with E-state index >= 15 is 0 Å². The SMILES string of the molecule is O=Cc1cc(CN2CCOCC2)ccc1OC(F)(F)F. The molecule has 1 aliphatic rings. The summed E-state index contributed by atoms with van der Waals surface area (Å²) >= 11 is 0. The maximum absolute atomic E-state index is 12.2. The average molecular weight is 289 g/mol. The van der Waals surface area contributed by atoms with Crippen LogP contribution in [0.4, 0.5) is 13.2 Å². The smallest absolute Gasteiger partial charge is 0.405 e. The fourth-order valence-electron chi connectivity index (χ4n) is 2.02. The molecule has 110 valence electrons. The lowest BCUT2D eigenvalue weighted by molar-refractivity contribution is -0.274. The summed E-state index contributed by atoms with van der Waals surface area (Å²) in [4.78, 5) is 13.0. The van der Waals surface area contributed by atoms with Crippen molar-refractivity contribution in [1.82, 2.24) is 4.90 Å². The van der Waals surface area contributed by atoms with Crippen LogP contribution < -0.4 is 4.74 Å². The lowest BCUT2D eigenvalue weighted by Crippen LogP contribution is -2.35. The Morgan fingerprint density at radius 1 is 1.30 bits per heavy atom. The highest BCUT2D eigenvalue weighted by atomic mass is 19.4. The molecule has 0 unspecified atom stereocenters. The van der Waals surface area contributed by atoms with Gasteiger partial charge >= 0.3 is 6.36 Å². The summed E-state index contributed by atoms with van der Waals surface area (Å²) in [6, 6.07) is 4.13. The van der Waals surface area contributed by atoms with Gasteiger partial charge in [-0.1, -0.05) is 6.07 Å². The lowest BCUT2D eigenvalue weighted by Gasteiger charge is -2.26. The van der Waals surface area contributed by atoms with E-state index in [9.17, 15) is 18.0 Å². The quantitative estimate of drug-likeness (QED) is 0.797. The van der Waals surface area contributed by atoms with Crippen LogP contribution in [0.3, 0.4) is 0 Å². The summed E-state index contributed by atoms with van der Waals surface area (Å²) in [7, 11) is 0. The van der Waals surface area contributed by atoms with Gasteiger partial charge in [-0.3, -0.25) is 9.69 Å². The molecule has 1 saturated heterocycles. The van der Waals surface area contributed by atoms with E-state index in [1.54, 1.807) is 0 Å². The molecule has 0 N–H and O–H groups in total. The van der Waals surface area contributed by atoms with E-state index in [0.29, 0.717) is 26.0 Å². The summed E-state index contributed by atoms with van der Waals surface area (Å²) in [5.74, 6) is -0.474. The molecule has 0 amide bonds. The first kappa shape index (κ1) is 14.8. The molecule has 2 rings (SSSR count). The average Bonchev–Trinajstić information content (AvgIpc) is 2.40. The normalized spacial score (nSPS) is 16.9. The Hall–Kier alpha value is -1.60. The van der Waals surface area contributed by atoms with Gasteiger partial charge in [-0.15, -0.1) is 13.2 Å². The van der Waals surface area contributed by atoms with E-state index in [1.807, 2.05) is 0 Å². The van der Waals surface area contributed by atoms with Crippen molar-refractivity contribution in [2.75, 3.05) is 26.3 Å². The van der Waals surface area contributed by atoms with Crippen LogP contribution in [0.2, 0.25) is 0 Å². The Morgan fingerprint density at radius 3 is 2.60 bits per heavy atom. The number of carbonyl (C=O) groups excluding carboxylic acids is 1. The molecule has 20 heavy (non-hydrogen) atoms. The van der Waals surface area contributed by atoms with Crippen molar-refractivity contribution in [3.05, 3.63) is 29.3 Å². The van der Waals surface area contributed by atoms with Crippen LogP contribution in [-0.4, -0.2) is 43.9 Å². The molecule has 0 spiro atoms. The van der Waals surface area contributed by atoms with E-state index in [1.165, 1.54) is 18.2 Å². The number of rotatable bonds is 4. The molecule has 0 aromatic heterocycles. The van der Waals surface area contributed by atoms with E-state index in [4.69, 9.17) is 4.74 Å². The van der Waals surface area contributed by atoms with Crippen molar-refractivity contribution in [1.29, 1.82) is 0 Å². The Kier molecular flexibility index (Phi) is 4.61. The minimum absolute atomic E-state index is 0.104. The molecular weight excluding hydrogens is 275 g/mol. The summed E-state index contributed by atoms with van der Waals surface area (Å²) in [6.45, 7) is 3.36. The number of hydrogen-bond acceptors (Lipinski definition) is 4. The zero-order chi connectivity index (χ0) is 14.6. The van der Waals surface area contributed by atoms with E-state index in [0.717, 1.165) is 18.7 Å². The number of hydrogen-bond donors (Lipinski definition) is 0. The molecule has 1 heterocycles. The second kappa shape index (κ2) is 6.23. The van der Waals surface area contributed by atoms with Crippen LogP contribution in [0.5, 0.6) is 5.75 Å². The third kappa shape index (κ3) is 4.21. The van der Waals surface area contributed by atoms with Crippen LogP contribution in [0, 0.1) is 0 Å². The summed E-state index contributed by atoms with van der Waals surface area (Å²) in [6.07, 6.45) is -4.44. The van der Waals surface area contributed by atoms with E-state index in [-0.39, 0.29) is 5.56 Å². The van der Waals surface area contributed by atoms with Crippen LogP contribution in [-0.2, 0) is 11.3 Å². The highest BCUT2D eigenvalue weighted by molar-refractivity contribution is 5.79. The predicted octanol–water partition coefficient (Wildman–Crippen LogP) is 2.23. The Morgan fingerprint density at radius 2 is 2.00 bits per heavy atom. The van der Waals surface area contributed by atoms with Gasteiger partial charge in [0.2, 0.25) is 0 Å². The third-order valence-electron chi connectivity index (χ3n) is 2.94. The zero-order valence-electron chi connectivity index (χ0n) is 10.7. The minimum Gasteiger partial charge on any atom is -0.405 e. The number of halogens is 3. The third-order valence-corrected chi connectivity index (χ3v) is 2.94. The molecule has 0 atom stereocenters. The standard InChI is InChI=1S/C13H14F3NO3/c14-13(15,16)20-12-2-1-10(7-11(12)9-18)8-17-3-5-19-6-4-17/h1-2,7,9H,3-6,8H2. The monoisotopic (exact) mass is 289 g/mol. The fourth-order valence-corrected chi connectivity index (χ4v) is 2.02. The van der Waals surface area contributed by atoms with Gasteiger partial charge in [-0.25, -0.2) is 0 Å². The highest BCUT2D eigenvalue weighted by Crippen LogP contribution is 2.26. The molecule has 0 radical (unpaired) electrons. The number of morpholine rings is 1. The maximum atomic E-state index is 12.2. The van der Waals surface area contributed by atoms with Crippen molar-refractivity contribution < 1.29 is 27.4 Å². The van der Waals surface area contributed by atoms with Crippen LogP contribution >= 0.6 is 0 Å². The van der Waals surface area contributed by atoms with E-state index in [2.05, 4.69) is 9.64 Å². The van der Waals surface area contributed by atoms with Crippen molar-refractivity contribution in [3.8, 4) is 5.75 Å². The van der Waals surface area contributed by atoms with Crippen molar-refractivity contribution in [2.24, 2.45) is 0 Å². The largest absolute Gasteiger partial charge is 0.573 e. The van der Waals surface area contributed by atoms with Gasteiger partial charge in [0.15, 0.2) is 6.29 Å². The molecule has 1 aliphatic heterocycles. The molecule has 0 saturated carbocycles. The number of benzene rings is 1. The van der Waals surface area contributed by atoms with Crippen molar-refractivity contribution in [3.63, 3.8) is 0 Å². The molecule has 1 aromatic carbocycles. The molecule has 4 nitrogen and oxygen atoms in total. The summed E-state index contributed by atoms with van der Waals surface area (Å²) in [5.41, 5.74) is 0.664. The second-order valence-corrected chi connectivity index (χ2v) is 4.43. The first-order valence-corrected chi connectivity index (χ1v) is 6.12. The molecule has 1 aromatic rings. The minimum atomic E-state index is -4.80. The molecule has 0 aliphatic carbocycles. The van der Waals surface area contributed by atoms with Gasteiger partial charge in [0.1, 0.15) is 5.75 Å². The first-order chi connectivity index (χ1) is 9.48. The van der Waals surface area contributed by atoms with Gasteiger partial charge in [-0.05, 0) is 17.7 Å². The number of ether oxygens (including phenoxy) is 2. The number of alkyl halides is 3. The van der Waals surface area contributed by atoms with Gasteiger partial charge in [0.05, 0.1) is 18.8 Å². The Bertz CT molecular complexity index is 470. The molecule has 0 bridgehead atoms. The molecule has 7 heteroatoms. The first-order valence-electron chi connectivity index (χ1n) is 6.12. The predicted molar refractivity (Wildman–Crippen MR) is 64.6 cm³/mol. The topological polar surface area (TPSA) is 38.8 Å². The van der Waals surface area contributed by atoms with Crippen LogP contribution in [0.1, 0.15) is 15.9 Å². The lowest BCUT2D eigenvalue weighted by atomic mass is 10.1. The molecular formula is C13H14F3NO3. The van der Waals surface area contributed by atoms with Crippen LogP contribution in [0.15, 0.2) is 18.2 Å². The van der Waals surface area contributed by atoms with Crippen molar-refractivity contribution in [2.45, 2.75) is 12.9 Å². The zero-order valence-corrected chi connectivity index (χ0v) is 10.7. The number of nitrogens with zero attached hydrogens (tertiary/aromatic N) is 1. The number of aldehydes is 1. The van der Waals surface area contributed by atoms with Crippen LogP contribution in [0.25, 0.3) is 0 Å². The number of carbonyl (C=O) groups is 1. The van der Waals surface area contributed by atoms with Crippen molar-refractivity contribution >= 4 is 6.29 Å². The Balaban J connectivity index is 2.10. The second-order valence-electron chi connectivity index (χ2n) is 4.43.